The third-order valence-corrected chi connectivity index (χ3v) is 4.52. The molecule has 0 radical (unpaired) electrons. The van der Waals surface area contributed by atoms with Crippen molar-refractivity contribution >= 4 is 17.7 Å². The molecule has 0 aliphatic carbocycles. The monoisotopic (exact) mass is 256 g/mol. The van der Waals surface area contributed by atoms with E-state index in [-0.39, 0.29) is 11.3 Å². The molecule has 5 heteroatoms. The van der Waals surface area contributed by atoms with Gasteiger partial charge in [-0.05, 0) is 13.0 Å². The second kappa shape index (κ2) is 5.42. The zero-order valence-electron chi connectivity index (χ0n) is 10.4. The van der Waals surface area contributed by atoms with E-state index in [9.17, 15) is 4.79 Å². The summed E-state index contributed by atoms with van der Waals surface area (Å²) < 4.78 is 5.48. The molecule has 0 saturated carbocycles. The van der Waals surface area contributed by atoms with Crippen LogP contribution in [0.3, 0.4) is 0 Å². The number of amides is 1. The highest BCUT2D eigenvalue weighted by atomic mass is 32.2. The maximum atomic E-state index is 12.1. The molecule has 1 saturated heterocycles. The van der Waals surface area contributed by atoms with Gasteiger partial charge in [0.15, 0.2) is 0 Å². The number of carbonyl (C=O) groups is 1. The maximum Gasteiger partial charge on any atom is 0.278 e. The van der Waals surface area contributed by atoms with Crippen LogP contribution in [-0.4, -0.2) is 41.3 Å². The molecule has 0 aromatic carbocycles. The summed E-state index contributed by atoms with van der Waals surface area (Å²) in [7, 11) is 1.61. The van der Waals surface area contributed by atoms with E-state index >= 15 is 0 Å². The molecule has 1 amide bonds. The Hall–Kier alpha value is -0.520. The number of carbonyl (C=O) groups excluding carboxylic acids is 1. The largest absolute Gasteiger partial charge is 0.352 e. The van der Waals surface area contributed by atoms with E-state index in [0.717, 1.165) is 18.7 Å². The zero-order valence-corrected chi connectivity index (χ0v) is 11.3. The summed E-state index contributed by atoms with van der Waals surface area (Å²) in [6.07, 6.45) is 7.33. The van der Waals surface area contributed by atoms with E-state index in [1.165, 1.54) is 12.8 Å². The Morgan fingerprint density at radius 2 is 2.47 bits per heavy atom. The van der Waals surface area contributed by atoms with Gasteiger partial charge in [0.05, 0.1) is 0 Å². The molecule has 0 spiro atoms. The molecule has 1 unspecified atom stereocenters. The van der Waals surface area contributed by atoms with Gasteiger partial charge in [-0.1, -0.05) is 25.8 Å². The van der Waals surface area contributed by atoms with Crippen LogP contribution in [0.15, 0.2) is 12.3 Å². The van der Waals surface area contributed by atoms with Crippen molar-refractivity contribution in [2.24, 2.45) is 0 Å². The van der Waals surface area contributed by atoms with Gasteiger partial charge in [0.25, 0.3) is 5.91 Å². The highest BCUT2D eigenvalue weighted by Crippen LogP contribution is 2.41. The van der Waals surface area contributed by atoms with Gasteiger partial charge >= 0.3 is 0 Å². The topological polar surface area (TPSA) is 41.6 Å². The van der Waals surface area contributed by atoms with E-state index in [1.807, 2.05) is 12.3 Å². The van der Waals surface area contributed by atoms with Crippen LogP contribution in [0.25, 0.3) is 0 Å². The summed E-state index contributed by atoms with van der Waals surface area (Å²) in [5.74, 6) is 0.973. The number of fused-ring (bicyclic) bond motifs is 1. The SMILES string of the molecule is CCCCCNC1(OC)C(=O)N2C=CCS[C@@H]21. The fraction of sp³-hybridized carbons (Fsp3) is 0.750. The lowest BCUT2D eigenvalue weighted by Crippen LogP contribution is -2.78. The van der Waals surface area contributed by atoms with E-state index in [0.29, 0.717) is 0 Å². The molecule has 2 heterocycles. The van der Waals surface area contributed by atoms with Crippen molar-refractivity contribution in [3.63, 3.8) is 0 Å². The average Bonchev–Trinajstić information content (AvgIpc) is 2.38. The minimum atomic E-state index is -0.789. The molecule has 2 aliphatic heterocycles. The van der Waals surface area contributed by atoms with Gasteiger partial charge in [-0.2, -0.15) is 0 Å². The van der Waals surface area contributed by atoms with Crippen LogP contribution >= 0.6 is 11.8 Å². The molecule has 2 aliphatic rings. The summed E-state index contributed by atoms with van der Waals surface area (Å²) in [5, 5.41) is 3.39. The lowest BCUT2D eigenvalue weighted by Gasteiger charge is -2.54. The number of hydrogen-bond donors (Lipinski definition) is 1. The molecule has 4 nitrogen and oxygen atoms in total. The van der Waals surface area contributed by atoms with Crippen LogP contribution in [0.5, 0.6) is 0 Å². The predicted molar refractivity (Wildman–Crippen MR) is 69.5 cm³/mol. The first-order valence-electron chi connectivity index (χ1n) is 6.17. The zero-order chi connectivity index (χ0) is 12.3. The van der Waals surface area contributed by atoms with Crippen LogP contribution in [0.1, 0.15) is 26.2 Å². The molecule has 2 atom stereocenters. The Bertz CT molecular complexity index is 322. The maximum absolute atomic E-state index is 12.1. The van der Waals surface area contributed by atoms with Crippen molar-refractivity contribution in [1.29, 1.82) is 0 Å². The molecular weight excluding hydrogens is 236 g/mol. The number of β-lactam (4-membered cyclic amide) rings is 1. The van der Waals surface area contributed by atoms with Crippen molar-refractivity contribution in [2.45, 2.75) is 37.3 Å². The quantitative estimate of drug-likeness (QED) is 0.445. The van der Waals surface area contributed by atoms with Gasteiger partial charge < -0.3 is 4.74 Å². The van der Waals surface area contributed by atoms with Crippen molar-refractivity contribution in [1.82, 2.24) is 10.2 Å². The fourth-order valence-corrected chi connectivity index (χ4v) is 3.47. The summed E-state index contributed by atoms with van der Waals surface area (Å²) in [6, 6.07) is 0. The summed E-state index contributed by atoms with van der Waals surface area (Å²) in [5.41, 5.74) is -0.789. The second-order valence-electron chi connectivity index (χ2n) is 4.36. The minimum absolute atomic E-state index is 0.0324. The Morgan fingerprint density at radius 1 is 1.65 bits per heavy atom. The molecule has 96 valence electrons. The van der Waals surface area contributed by atoms with E-state index in [2.05, 4.69) is 12.2 Å². The number of nitrogens with zero attached hydrogens (tertiary/aromatic N) is 1. The van der Waals surface area contributed by atoms with Crippen LogP contribution < -0.4 is 5.32 Å². The van der Waals surface area contributed by atoms with Crippen molar-refractivity contribution in [2.75, 3.05) is 19.4 Å². The van der Waals surface area contributed by atoms with Gasteiger partial charge in [-0.3, -0.25) is 15.0 Å². The Kier molecular flexibility index (Phi) is 4.12. The first kappa shape index (κ1) is 12.9. The van der Waals surface area contributed by atoms with Crippen LogP contribution in [0.4, 0.5) is 0 Å². The number of hydrogen-bond acceptors (Lipinski definition) is 4. The molecule has 0 bridgehead atoms. The van der Waals surface area contributed by atoms with Gasteiger partial charge in [0, 0.05) is 19.1 Å². The number of thioether (sulfide) groups is 1. The second-order valence-corrected chi connectivity index (χ2v) is 5.47. The van der Waals surface area contributed by atoms with Crippen molar-refractivity contribution < 1.29 is 9.53 Å². The van der Waals surface area contributed by atoms with Crippen molar-refractivity contribution in [3.05, 3.63) is 12.3 Å². The number of ether oxygens (including phenoxy) is 1. The summed E-state index contributed by atoms with van der Waals surface area (Å²) in [4.78, 5) is 13.8. The Balaban J connectivity index is 1.95. The minimum Gasteiger partial charge on any atom is -0.352 e. The summed E-state index contributed by atoms with van der Waals surface area (Å²) in [6.45, 7) is 3.01. The van der Waals surface area contributed by atoms with Crippen LogP contribution in [0, 0.1) is 0 Å². The van der Waals surface area contributed by atoms with Crippen molar-refractivity contribution in [3.8, 4) is 0 Å². The van der Waals surface area contributed by atoms with Crippen LogP contribution in [0.2, 0.25) is 0 Å². The van der Waals surface area contributed by atoms with E-state index < -0.39 is 5.72 Å². The normalized spacial score (nSPS) is 31.3. The molecule has 1 N–H and O–H groups in total. The number of nitrogens with one attached hydrogen (secondary N) is 1. The van der Waals surface area contributed by atoms with Gasteiger partial charge in [0.1, 0.15) is 5.37 Å². The standard InChI is InChI=1S/C12H20N2O2S/c1-3-4-5-7-13-12(16-2)10(15)14-8-6-9-17-11(12)14/h6,8,11,13H,3-5,7,9H2,1-2H3/t11-,12?/m1/s1. The highest BCUT2D eigenvalue weighted by molar-refractivity contribution is 8.00. The Labute approximate surface area is 107 Å². The number of rotatable bonds is 6. The van der Waals surface area contributed by atoms with Crippen LogP contribution in [-0.2, 0) is 9.53 Å². The summed E-state index contributed by atoms with van der Waals surface area (Å²) >= 11 is 1.74. The van der Waals surface area contributed by atoms with Gasteiger partial charge in [-0.15, -0.1) is 11.8 Å². The molecule has 2 rings (SSSR count). The molecule has 0 aromatic rings. The predicted octanol–water partition coefficient (Wildman–Crippen LogP) is 1.54. The first-order valence-corrected chi connectivity index (χ1v) is 7.22. The molecule has 0 aromatic heterocycles. The molecule has 1 fully saturated rings. The lowest BCUT2D eigenvalue weighted by atomic mass is 10.0. The Morgan fingerprint density at radius 3 is 3.18 bits per heavy atom. The van der Waals surface area contributed by atoms with E-state index in [4.69, 9.17) is 4.74 Å². The number of unbranched alkanes of at least 4 members (excludes halogenated alkanes) is 2. The number of methoxy groups -OCH3 is 1. The molecular formula is C12H20N2O2S. The third-order valence-electron chi connectivity index (χ3n) is 3.26. The van der Waals surface area contributed by atoms with Gasteiger partial charge in [0.2, 0.25) is 5.72 Å². The van der Waals surface area contributed by atoms with Gasteiger partial charge in [-0.25, -0.2) is 0 Å². The van der Waals surface area contributed by atoms with E-state index in [1.54, 1.807) is 23.8 Å². The third kappa shape index (κ3) is 2.11. The first-order chi connectivity index (χ1) is 8.26. The lowest BCUT2D eigenvalue weighted by molar-refractivity contribution is -0.187. The average molecular weight is 256 g/mol. The smallest absolute Gasteiger partial charge is 0.278 e. The molecule has 17 heavy (non-hydrogen) atoms. The highest BCUT2D eigenvalue weighted by Gasteiger charge is 2.61. The fourth-order valence-electron chi connectivity index (χ4n) is 2.25.